The Kier molecular flexibility index (Phi) is 4.70. The van der Waals surface area contributed by atoms with E-state index >= 15 is 0 Å². The summed E-state index contributed by atoms with van der Waals surface area (Å²) < 4.78 is 5.15. The molecule has 8 nitrogen and oxygen atoms in total. The van der Waals surface area contributed by atoms with Gasteiger partial charge in [-0.3, -0.25) is 19.3 Å². The second kappa shape index (κ2) is 7.30. The summed E-state index contributed by atoms with van der Waals surface area (Å²) in [6.45, 7) is 0.125. The Morgan fingerprint density at radius 3 is 2.59 bits per heavy atom. The van der Waals surface area contributed by atoms with Crippen molar-refractivity contribution in [3.8, 4) is 11.5 Å². The summed E-state index contributed by atoms with van der Waals surface area (Å²) in [5.74, 6) is -0.484. The van der Waals surface area contributed by atoms with Gasteiger partial charge in [-0.15, -0.1) is 10.2 Å². The third-order valence-electron chi connectivity index (χ3n) is 5.25. The van der Waals surface area contributed by atoms with Crippen LogP contribution in [0.15, 0.2) is 35.1 Å². The molecule has 1 saturated heterocycles. The molecule has 2 aromatic rings. The lowest BCUT2D eigenvalue weighted by Crippen LogP contribution is -2.34. The monoisotopic (exact) mass is 368 g/mol. The summed E-state index contributed by atoms with van der Waals surface area (Å²) >= 11 is 0. The number of anilines is 1. The minimum atomic E-state index is -0.256. The van der Waals surface area contributed by atoms with Gasteiger partial charge in [0.25, 0.3) is 0 Å². The van der Waals surface area contributed by atoms with Gasteiger partial charge in [-0.25, -0.2) is 0 Å². The summed E-state index contributed by atoms with van der Waals surface area (Å²) in [6.07, 6.45) is 4.85. The fraction of sp³-hybridized carbons (Fsp3) is 0.421. The molecule has 140 valence electrons. The molecule has 2 fully saturated rings. The maximum atomic E-state index is 12.4. The van der Waals surface area contributed by atoms with Gasteiger partial charge in [0, 0.05) is 24.2 Å². The van der Waals surface area contributed by atoms with Gasteiger partial charge in [-0.2, -0.15) is 0 Å². The highest BCUT2D eigenvalue weighted by Gasteiger charge is 2.47. The maximum absolute atomic E-state index is 12.4. The Morgan fingerprint density at radius 2 is 1.93 bits per heavy atom. The van der Waals surface area contributed by atoms with E-state index in [0.717, 1.165) is 25.7 Å². The quantitative estimate of drug-likeness (QED) is 0.812. The van der Waals surface area contributed by atoms with Crippen molar-refractivity contribution in [1.82, 2.24) is 15.1 Å². The molecule has 3 amide bonds. The molecule has 0 bridgehead atoms. The highest BCUT2D eigenvalue weighted by atomic mass is 16.4. The lowest BCUT2D eigenvalue weighted by molar-refractivity contribution is -0.140. The molecule has 0 spiro atoms. The fourth-order valence-electron chi connectivity index (χ4n) is 3.92. The normalized spacial score (nSPS) is 22.0. The van der Waals surface area contributed by atoms with Crippen molar-refractivity contribution in [2.24, 2.45) is 11.8 Å². The number of likely N-dealkylation sites (tertiary alicyclic amines) is 1. The molecule has 1 saturated carbocycles. The Labute approximate surface area is 155 Å². The van der Waals surface area contributed by atoms with Crippen LogP contribution in [0.2, 0.25) is 0 Å². The summed E-state index contributed by atoms with van der Waals surface area (Å²) in [4.78, 5) is 38.5. The molecule has 8 heteroatoms. The summed E-state index contributed by atoms with van der Waals surface area (Å²) in [7, 11) is 0. The van der Waals surface area contributed by atoms with Crippen LogP contribution < -0.4 is 5.32 Å². The van der Waals surface area contributed by atoms with Gasteiger partial charge in [0.1, 0.15) is 0 Å². The van der Waals surface area contributed by atoms with Crippen LogP contribution in [-0.4, -0.2) is 39.4 Å². The zero-order valence-corrected chi connectivity index (χ0v) is 14.8. The summed E-state index contributed by atoms with van der Waals surface area (Å²) in [5.41, 5.74) is 1.28. The number of amides is 3. The number of carbonyl (C=O) groups excluding carboxylic acids is 3. The van der Waals surface area contributed by atoms with Crippen LogP contribution in [0.5, 0.6) is 0 Å². The van der Waals surface area contributed by atoms with Gasteiger partial charge in [0.05, 0.1) is 11.8 Å². The first-order valence-electron chi connectivity index (χ1n) is 9.15. The average Bonchev–Trinajstić information content (AvgIpc) is 3.29. The van der Waals surface area contributed by atoms with Crippen molar-refractivity contribution < 1.29 is 18.8 Å². The Morgan fingerprint density at radius 1 is 1.19 bits per heavy atom. The Balaban J connectivity index is 1.36. The SMILES string of the molecule is O=C(CCN1C(=O)[C@@H]2CCCC[C@H]2C1=O)Nc1cccc(-c2nnco2)c1. The van der Waals surface area contributed by atoms with Crippen molar-refractivity contribution in [3.63, 3.8) is 0 Å². The zero-order chi connectivity index (χ0) is 18.8. The molecule has 1 aromatic carbocycles. The first-order chi connectivity index (χ1) is 13.1. The van der Waals surface area contributed by atoms with Gasteiger partial charge in [0.2, 0.25) is 30.0 Å². The number of rotatable bonds is 5. The lowest BCUT2D eigenvalue weighted by atomic mass is 9.81. The van der Waals surface area contributed by atoms with Crippen LogP contribution >= 0.6 is 0 Å². The van der Waals surface area contributed by atoms with Crippen LogP contribution in [-0.2, 0) is 14.4 Å². The molecule has 1 aliphatic heterocycles. The van der Waals surface area contributed by atoms with Crippen LogP contribution in [0.1, 0.15) is 32.1 Å². The van der Waals surface area contributed by atoms with Crippen LogP contribution in [0, 0.1) is 11.8 Å². The van der Waals surface area contributed by atoms with E-state index in [1.807, 2.05) is 0 Å². The van der Waals surface area contributed by atoms with Gasteiger partial charge in [-0.1, -0.05) is 18.9 Å². The minimum Gasteiger partial charge on any atom is -0.423 e. The molecule has 2 aliphatic rings. The third kappa shape index (κ3) is 3.47. The predicted octanol–water partition coefficient (Wildman–Crippen LogP) is 2.24. The van der Waals surface area contributed by atoms with E-state index in [2.05, 4.69) is 15.5 Å². The molecular formula is C19H20N4O4. The van der Waals surface area contributed by atoms with Gasteiger partial charge >= 0.3 is 0 Å². The number of benzene rings is 1. The number of aromatic nitrogens is 2. The largest absolute Gasteiger partial charge is 0.423 e. The van der Waals surface area contributed by atoms with E-state index in [9.17, 15) is 14.4 Å². The van der Waals surface area contributed by atoms with E-state index in [-0.39, 0.29) is 42.5 Å². The molecule has 0 radical (unpaired) electrons. The molecule has 2 heterocycles. The second-order valence-electron chi connectivity index (χ2n) is 6.95. The van der Waals surface area contributed by atoms with Gasteiger partial charge in [-0.05, 0) is 31.0 Å². The van der Waals surface area contributed by atoms with Crippen molar-refractivity contribution in [1.29, 1.82) is 0 Å². The number of hydrogen-bond donors (Lipinski definition) is 1. The Bertz CT molecular complexity index is 840. The smallest absolute Gasteiger partial charge is 0.247 e. The number of imide groups is 1. The molecule has 1 N–H and O–H groups in total. The van der Waals surface area contributed by atoms with E-state index in [0.29, 0.717) is 17.1 Å². The molecule has 1 aliphatic carbocycles. The molecule has 4 rings (SSSR count). The third-order valence-corrected chi connectivity index (χ3v) is 5.25. The average molecular weight is 368 g/mol. The lowest BCUT2D eigenvalue weighted by Gasteiger charge is -2.19. The van der Waals surface area contributed by atoms with E-state index in [4.69, 9.17) is 4.42 Å². The van der Waals surface area contributed by atoms with E-state index in [1.54, 1.807) is 24.3 Å². The molecule has 1 aromatic heterocycles. The second-order valence-corrected chi connectivity index (χ2v) is 6.95. The van der Waals surface area contributed by atoms with Crippen molar-refractivity contribution in [2.45, 2.75) is 32.1 Å². The zero-order valence-electron chi connectivity index (χ0n) is 14.8. The summed E-state index contributed by atoms with van der Waals surface area (Å²) in [5, 5.41) is 10.3. The van der Waals surface area contributed by atoms with E-state index < -0.39 is 0 Å². The summed E-state index contributed by atoms with van der Waals surface area (Å²) in [6, 6.07) is 7.05. The topological polar surface area (TPSA) is 105 Å². The molecule has 27 heavy (non-hydrogen) atoms. The van der Waals surface area contributed by atoms with Crippen LogP contribution in [0.3, 0.4) is 0 Å². The fourth-order valence-corrected chi connectivity index (χ4v) is 3.92. The van der Waals surface area contributed by atoms with Gasteiger partial charge < -0.3 is 9.73 Å². The number of nitrogens with zero attached hydrogens (tertiary/aromatic N) is 3. The van der Waals surface area contributed by atoms with Crippen LogP contribution in [0.4, 0.5) is 5.69 Å². The molecule has 2 atom stereocenters. The predicted molar refractivity (Wildman–Crippen MR) is 95.1 cm³/mol. The maximum Gasteiger partial charge on any atom is 0.247 e. The van der Waals surface area contributed by atoms with Crippen molar-refractivity contribution in [3.05, 3.63) is 30.7 Å². The highest BCUT2D eigenvalue weighted by molar-refractivity contribution is 6.05. The number of hydrogen-bond acceptors (Lipinski definition) is 6. The molecule has 0 unspecified atom stereocenters. The van der Waals surface area contributed by atoms with Crippen molar-refractivity contribution in [2.75, 3.05) is 11.9 Å². The standard InChI is InChI=1S/C19H20N4O4/c24-16(21-13-5-3-4-12(10-13)17-22-20-11-27-17)8-9-23-18(25)14-6-1-2-7-15(14)19(23)26/h3-5,10-11,14-15H,1-2,6-9H2,(H,21,24)/t14-,15-/m1/s1. The number of fused-ring (bicyclic) bond motifs is 1. The highest BCUT2D eigenvalue weighted by Crippen LogP contribution is 2.38. The minimum absolute atomic E-state index is 0.0711. The number of nitrogens with one attached hydrogen (secondary N) is 1. The van der Waals surface area contributed by atoms with Gasteiger partial charge in [0.15, 0.2) is 0 Å². The van der Waals surface area contributed by atoms with E-state index in [1.165, 1.54) is 11.3 Å². The molecular weight excluding hydrogens is 348 g/mol. The first kappa shape index (κ1) is 17.4. The number of carbonyl (C=O) groups is 3. The van der Waals surface area contributed by atoms with Crippen LogP contribution in [0.25, 0.3) is 11.5 Å². The van der Waals surface area contributed by atoms with Crippen molar-refractivity contribution >= 4 is 23.4 Å². The first-order valence-corrected chi connectivity index (χ1v) is 9.15. The Hall–Kier alpha value is -3.03.